The van der Waals surface area contributed by atoms with Gasteiger partial charge in [0.2, 0.25) is 0 Å². The highest BCUT2D eigenvalue weighted by molar-refractivity contribution is 7.12. The zero-order valence-corrected chi connectivity index (χ0v) is 7.76. The number of hydrogen-bond donors (Lipinski definition) is 1. The zero-order chi connectivity index (χ0) is 9.84. The lowest BCUT2D eigenvalue weighted by Gasteiger charge is -1.95. The molecule has 0 atom stereocenters. The number of carboxylic acid groups (broad SMARTS) is 1. The van der Waals surface area contributed by atoms with Gasteiger partial charge in [-0.25, -0.2) is 9.59 Å². The third kappa shape index (κ3) is 2.29. The lowest BCUT2D eigenvalue weighted by Crippen LogP contribution is -2.02. The Morgan fingerprint density at radius 1 is 1.62 bits per heavy atom. The van der Waals surface area contributed by atoms with Crippen LogP contribution in [0.15, 0.2) is 11.4 Å². The van der Waals surface area contributed by atoms with Crippen molar-refractivity contribution in [1.82, 2.24) is 0 Å². The van der Waals surface area contributed by atoms with Crippen molar-refractivity contribution in [2.75, 3.05) is 6.61 Å². The summed E-state index contributed by atoms with van der Waals surface area (Å²) in [7, 11) is 0. The molecule has 4 nitrogen and oxygen atoms in total. The van der Waals surface area contributed by atoms with Crippen LogP contribution in [0.4, 0.5) is 0 Å². The fourth-order valence-electron chi connectivity index (χ4n) is 0.758. The maximum Gasteiger partial charge on any atom is 0.348 e. The molecule has 0 aliphatic carbocycles. The van der Waals surface area contributed by atoms with Gasteiger partial charge in [-0.2, -0.15) is 0 Å². The predicted molar refractivity (Wildman–Crippen MR) is 47.2 cm³/mol. The molecule has 1 rings (SSSR count). The molecule has 0 saturated carbocycles. The molecule has 70 valence electrons. The summed E-state index contributed by atoms with van der Waals surface area (Å²) in [5, 5.41) is 9.98. The van der Waals surface area contributed by atoms with Crippen molar-refractivity contribution >= 4 is 23.3 Å². The minimum Gasteiger partial charge on any atom is -0.478 e. The Morgan fingerprint density at radius 3 is 2.77 bits per heavy atom. The van der Waals surface area contributed by atoms with Crippen LogP contribution in [0.1, 0.15) is 27.0 Å². The van der Waals surface area contributed by atoms with Gasteiger partial charge in [-0.1, -0.05) is 0 Å². The van der Waals surface area contributed by atoms with E-state index in [0.717, 1.165) is 11.3 Å². The second-order valence-electron chi connectivity index (χ2n) is 2.23. The molecule has 1 aromatic heterocycles. The van der Waals surface area contributed by atoms with E-state index < -0.39 is 11.9 Å². The first-order valence-electron chi connectivity index (χ1n) is 3.64. The quantitative estimate of drug-likeness (QED) is 0.753. The fraction of sp³-hybridized carbons (Fsp3) is 0.250. The maximum atomic E-state index is 11.1. The second kappa shape index (κ2) is 4.04. The van der Waals surface area contributed by atoms with Crippen LogP contribution in [0.2, 0.25) is 0 Å². The zero-order valence-electron chi connectivity index (χ0n) is 6.94. The van der Waals surface area contributed by atoms with Crippen molar-refractivity contribution in [2.24, 2.45) is 0 Å². The van der Waals surface area contributed by atoms with Crippen molar-refractivity contribution < 1.29 is 19.4 Å². The molecule has 0 amide bonds. The Morgan fingerprint density at radius 2 is 2.31 bits per heavy atom. The lowest BCUT2D eigenvalue weighted by atomic mass is 10.3. The molecule has 0 fully saturated rings. The molecule has 1 heterocycles. The van der Waals surface area contributed by atoms with Gasteiger partial charge in [0.15, 0.2) is 0 Å². The van der Waals surface area contributed by atoms with Gasteiger partial charge < -0.3 is 9.84 Å². The van der Waals surface area contributed by atoms with Crippen molar-refractivity contribution in [2.45, 2.75) is 6.92 Å². The minimum atomic E-state index is -1.04. The van der Waals surface area contributed by atoms with Crippen LogP contribution in [0.5, 0.6) is 0 Å². The number of carboxylic acids is 1. The topological polar surface area (TPSA) is 63.6 Å². The average molecular weight is 200 g/mol. The van der Waals surface area contributed by atoms with Gasteiger partial charge in [0.05, 0.1) is 12.2 Å². The van der Waals surface area contributed by atoms with E-state index in [1.165, 1.54) is 11.4 Å². The average Bonchev–Trinajstić information content (AvgIpc) is 2.52. The van der Waals surface area contributed by atoms with Crippen LogP contribution in [0, 0.1) is 0 Å². The molecule has 0 radical (unpaired) electrons. The van der Waals surface area contributed by atoms with E-state index in [4.69, 9.17) is 9.84 Å². The smallest absolute Gasteiger partial charge is 0.348 e. The number of ether oxygens (including phenoxy) is 1. The van der Waals surface area contributed by atoms with Crippen molar-refractivity contribution in [3.63, 3.8) is 0 Å². The Hall–Kier alpha value is -1.36. The van der Waals surface area contributed by atoms with Crippen molar-refractivity contribution in [3.8, 4) is 0 Å². The number of thiophene rings is 1. The number of rotatable bonds is 3. The molecule has 0 aliphatic rings. The van der Waals surface area contributed by atoms with Gasteiger partial charge in [0, 0.05) is 5.38 Å². The largest absolute Gasteiger partial charge is 0.478 e. The second-order valence-corrected chi connectivity index (χ2v) is 3.14. The molecular weight excluding hydrogens is 192 g/mol. The third-order valence-electron chi connectivity index (χ3n) is 1.32. The monoisotopic (exact) mass is 200 g/mol. The molecule has 5 heteroatoms. The molecule has 0 unspecified atom stereocenters. The molecule has 1 aromatic rings. The van der Waals surface area contributed by atoms with Crippen molar-refractivity contribution in [1.29, 1.82) is 0 Å². The van der Waals surface area contributed by atoms with E-state index in [-0.39, 0.29) is 5.56 Å². The Kier molecular flexibility index (Phi) is 3.02. The standard InChI is InChI=1S/C8H8O4S/c1-2-12-8(11)6-3-5(4-13-6)7(9)10/h3-4H,2H2,1H3,(H,9,10). The van der Waals surface area contributed by atoms with Crippen LogP contribution in [0.25, 0.3) is 0 Å². The Labute approximate surface area is 78.8 Å². The normalized spacial score (nSPS) is 9.62. The summed E-state index contributed by atoms with van der Waals surface area (Å²) in [4.78, 5) is 21.8. The highest BCUT2D eigenvalue weighted by Gasteiger charge is 2.12. The molecule has 0 saturated heterocycles. The summed E-state index contributed by atoms with van der Waals surface area (Å²) in [6.45, 7) is 1.99. The highest BCUT2D eigenvalue weighted by Crippen LogP contribution is 2.15. The Balaban J connectivity index is 2.79. The molecule has 0 bridgehead atoms. The summed E-state index contributed by atoms with van der Waals surface area (Å²) >= 11 is 1.07. The van der Waals surface area contributed by atoms with E-state index in [9.17, 15) is 9.59 Å². The summed E-state index contributed by atoms with van der Waals surface area (Å²) < 4.78 is 4.70. The van der Waals surface area contributed by atoms with E-state index in [0.29, 0.717) is 11.5 Å². The van der Waals surface area contributed by atoms with E-state index in [1.54, 1.807) is 6.92 Å². The van der Waals surface area contributed by atoms with Crippen LogP contribution < -0.4 is 0 Å². The molecule has 0 aliphatic heterocycles. The van der Waals surface area contributed by atoms with E-state index in [1.807, 2.05) is 0 Å². The first-order chi connectivity index (χ1) is 6.15. The first kappa shape index (κ1) is 9.73. The molecule has 13 heavy (non-hydrogen) atoms. The van der Waals surface area contributed by atoms with Gasteiger partial charge in [-0.15, -0.1) is 11.3 Å². The maximum absolute atomic E-state index is 11.1. The van der Waals surface area contributed by atoms with E-state index in [2.05, 4.69) is 0 Å². The van der Waals surface area contributed by atoms with Gasteiger partial charge in [-0.05, 0) is 13.0 Å². The Bertz CT molecular complexity index is 329. The SMILES string of the molecule is CCOC(=O)c1cc(C(=O)O)cs1. The number of carbonyl (C=O) groups excluding carboxylic acids is 1. The highest BCUT2D eigenvalue weighted by atomic mass is 32.1. The number of carbonyl (C=O) groups is 2. The lowest BCUT2D eigenvalue weighted by molar-refractivity contribution is 0.0532. The predicted octanol–water partition coefficient (Wildman–Crippen LogP) is 1.62. The van der Waals surface area contributed by atoms with Crippen molar-refractivity contribution in [3.05, 3.63) is 21.9 Å². The van der Waals surface area contributed by atoms with Crippen LogP contribution in [-0.4, -0.2) is 23.7 Å². The summed E-state index contributed by atoms with van der Waals surface area (Å²) in [6.07, 6.45) is 0. The minimum absolute atomic E-state index is 0.119. The number of hydrogen-bond acceptors (Lipinski definition) is 4. The van der Waals surface area contributed by atoms with Gasteiger partial charge >= 0.3 is 11.9 Å². The number of aromatic carboxylic acids is 1. The molecule has 1 N–H and O–H groups in total. The molecule has 0 aromatic carbocycles. The molecule has 0 spiro atoms. The third-order valence-corrected chi connectivity index (χ3v) is 2.23. The van der Waals surface area contributed by atoms with Crippen LogP contribution >= 0.6 is 11.3 Å². The fourth-order valence-corrected chi connectivity index (χ4v) is 1.53. The van der Waals surface area contributed by atoms with Gasteiger partial charge in [-0.3, -0.25) is 0 Å². The van der Waals surface area contributed by atoms with Crippen LogP contribution in [-0.2, 0) is 4.74 Å². The summed E-state index contributed by atoms with van der Waals surface area (Å²) in [6, 6.07) is 1.31. The van der Waals surface area contributed by atoms with E-state index >= 15 is 0 Å². The number of esters is 1. The van der Waals surface area contributed by atoms with Gasteiger partial charge in [0.1, 0.15) is 4.88 Å². The first-order valence-corrected chi connectivity index (χ1v) is 4.52. The summed E-state index contributed by atoms with van der Waals surface area (Å²) in [5.74, 6) is -1.51. The van der Waals surface area contributed by atoms with Gasteiger partial charge in [0.25, 0.3) is 0 Å². The van der Waals surface area contributed by atoms with Crippen LogP contribution in [0.3, 0.4) is 0 Å². The molecular formula is C8H8O4S. The summed E-state index contributed by atoms with van der Waals surface area (Å²) in [5.41, 5.74) is 0.119.